The maximum atomic E-state index is 12.5. The summed E-state index contributed by atoms with van der Waals surface area (Å²) in [5, 5.41) is 3.08. The van der Waals surface area contributed by atoms with Crippen molar-refractivity contribution in [2.24, 2.45) is 11.8 Å². The van der Waals surface area contributed by atoms with Crippen LogP contribution in [0, 0.1) is 11.8 Å². The van der Waals surface area contributed by atoms with Crippen molar-refractivity contribution in [3.63, 3.8) is 0 Å². The summed E-state index contributed by atoms with van der Waals surface area (Å²) < 4.78 is 11.1. The standard InChI is InChI=1S/C29H38N2O5/c1-21-22(2)27(20-36-29(34)25-14-8-5-9-15-25)31(18-26(21)30-23(3)32)17-11-10-16-28(33)35-19-24-12-6-4-7-13-24/h4-9,12-15,21-22,26-27H,10-11,16-20H2,1-3H3,(H,30,32). The predicted octanol–water partition coefficient (Wildman–Crippen LogP) is 4.22. The molecule has 4 unspecified atom stereocenters. The molecule has 1 aliphatic heterocycles. The predicted molar refractivity (Wildman–Crippen MR) is 138 cm³/mol. The number of amides is 1. The number of benzene rings is 2. The van der Waals surface area contributed by atoms with Crippen molar-refractivity contribution in [2.75, 3.05) is 19.7 Å². The van der Waals surface area contributed by atoms with E-state index in [0.29, 0.717) is 24.9 Å². The zero-order valence-corrected chi connectivity index (χ0v) is 21.5. The number of hydrogen-bond acceptors (Lipinski definition) is 6. The van der Waals surface area contributed by atoms with E-state index in [9.17, 15) is 14.4 Å². The Labute approximate surface area is 214 Å². The topological polar surface area (TPSA) is 84.9 Å². The number of hydrogen-bond donors (Lipinski definition) is 1. The van der Waals surface area contributed by atoms with E-state index in [1.165, 1.54) is 6.92 Å². The minimum Gasteiger partial charge on any atom is -0.461 e. The average Bonchev–Trinajstić information content (AvgIpc) is 2.88. The monoisotopic (exact) mass is 494 g/mol. The van der Waals surface area contributed by atoms with Gasteiger partial charge in [-0.05, 0) is 48.9 Å². The number of likely N-dealkylation sites (tertiary alicyclic amines) is 1. The van der Waals surface area contributed by atoms with Crippen LogP contribution in [-0.2, 0) is 25.7 Å². The fourth-order valence-electron chi connectivity index (χ4n) is 4.77. The van der Waals surface area contributed by atoms with Gasteiger partial charge in [0.15, 0.2) is 0 Å². The first-order valence-electron chi connectivity index (χ1n) is 12.8. The maximum absolute atomic E-state index is 12.5. The van der Waals surface area contributed by atoms with E-state index in [-0.39, 0.29) is 55.0 Å². The Morgan fingerprint density at radius 3 is 2.25 bits per heavy atom. The van der Waals surface area contributed by atoms with Gasteiger partial charge in [0.1, 0.15) is 13.2 Å². The van der Waals surface area contributed by atoms with Crippen molar-refractivity contribution in [1.29, 1.82) is 0 Å². The summed E-state index contributed by atoms with van der Waals surface area (Å²) >= 11 is 0. The highest BCUT2D eigenvalue weighted by Crippen LogP contribution is 2.30. The smallest absolute Gasteiger partial charge is 0.338 e. The zero-order valence-electron chi connectivity index (χ0n) is 21.5. The summed E-state index contributed by atoms with van der Waals surface area (Å²) in [6, 6.07) is 18.7. The molecule has 0 aliphatic carbocycles. The van der Waals surface area contributed by atoms with Crippen LogP contribution in [-0.4, -0.2) is 54.5 Å². The van der Waals surface area contributed by atoms with E-state index in [4.69, 9.17) is 9.47 Å². The van der Waals surface area contributed by atoms with Gasteiger partial charge in [-0.15, -0.1) is 0 Å². The van der Waals surface area contributed by atoms with Crippen LogP contribution < -0.4 is 5.32 Å². The number of carbonyl (C=O) groups excluding carboxylic acids is 3. The number of nitrogens with one attached hydrogen (secondary N) is 1. The van der Waals surface area contributed by atoms with E-state index in [2.05, 4.69) is 24.1 Å². The van der Waals surface area contributed by atoms with Gasteiger partial charge >= 0.3 is 11.9 Å². The molecule has 1 aliphatic rings. The van der Waals surface area contributed by atoms with Crippen molar-refractivity contribution < 1.29 is 23.9 Å². The van der Waals surface area contributed by atoms with Gasteiger partial charge in [-0.3, -0.25) is 14.5 Å². The number of nitrogens with zero attached hydrogens (tertiary/aromatic N) is 1. The Bertz CT molecular complexity index is 982. The maximum Gasteiger partial charge on any atom is 0.338 e. The molecule has 1 fully saturated rings. The van der Waals surface area contributed by atoms with Gasteiger partial charge in [0.2, 0.25) is 5.91 Å². The number of esters is 2. The number of rotatable bonds is 11. The van der Waals surface area contributed by atoms with Crippen LogP contribution in [0.25, 0.3) is 0 Å². The molecule has 0 saturated carbocycles. The van der Waals surface area contributed by atoms with E-state index in [0.717, 1.165) is 18.5 Å². The minimum atomic E-state index is -0.333. The first-order chi connectivity index (χ1) is 17.3. The first kappa shape index (κ1) is 27.4. The average molecular weight is 495 g/mol. The molecule has 1 N–H and O–H groups in total. The van der Waals surface area contributed by atoms with Gasteiger partial charge in [-0.2, -0.15) is 0 Å². The molecule has 2 aromatic rings. The zero-order chi connectivity index (χ0) is 25.9. The van der Waals surface area contributed by atoms with E-state index < -0.39 is 0 Å². The quantitative estimate of drug-likeness (QED) is 0.372. The molecule has 36 heavy (non-hydrogen) atoms. The molecule has 0 bridgehead atoms. The summed E-state index contributed by atoms with van der Waals surface area (Å²) in [6.45, 7) is 7.81. The fourth-order valence-corrected chi connectivity index (χ4v) is 4.77. The van der Waals surface area contributed by atoms with Crippen molar-refractivity contribution in [3.8, 4) is 0 Å². The molecule has 4 atom stereocenters. The second-order valence-electron chi connectivity index (χ2n) is 9.66. The summed E-state index contributed by atoms with van der Waals surface area (Å²) in [5.41, 5.74) is 1.50. The molecule has 0 radical (unpaired) electrons. The van der Waals surface area contributed by atoms with Crippen molar-refractivity contribution >= 4 is 17.8 Å². The molecule has 7 nitrogen and oxygen atoms in total. The largest absolute Gasteiger partial charge is 0.461 e. The van der Waals surface area contributed by atoms with Crippen LogP contribution in [0.4, 0.5) is 0 Å². The third-order valence-corrected chi connectivity index (χ3v) is 7.07. The number of unbranched alkanes of at least 4 members (excludes halogenated alkanes) is 1. The van der Waals surface area contributed by atoms with Crippen LogP contribution in [0.3, 0.4) is 0 Å². The Morgan fingerprint density at radius 1 is 0.917 bits per heavy atom. The summed E-state index contributed by atoms with van der Waals surface area (Å²) in [6.07, 6.45) is 1.86. The molecule has 2 aromatic carbocycles. The van der Waals surface area contributed by atoms with Crippen LogP contribution in [0.2, 0.25) is 0 Å². The summed E-state index contributed by atoms with van der Waals surface area (Å²) in [4.78, 5) is 38.8. The minimum absolute atomic E-state index is 0.0226. The normalized spacial score (nSPS) is 22.0. The molecule has 1 amide bonds. The van der Waals surface area contributed by atoms with Crippen LogP contribution in [0.5, 0.6) is 0 Å². The highest BCUT2D eigenvalue weighted by molar-refractivity contribution is 5.89. The lowest BCUT2D eigenvalue weighted by atomic mass is 9.79. The molecule has 0 spiro atoms. The van der Waals surface area contributed by atoms with Gasteiger partial charge in [0.05, 0.1) is 5.56 Å². The SMILES string of the molecule is CC(=O)NC1CN(CCCCC(=O)OCc2ccccc2)C(COC(=O)c2ccccc2)C(C)C1C. The van der Waals surface area contributed by atoms with Crippen molar-refractivity contribution in [1.82, 2.24) is 10.2 Å². The molecule has 0 aromatic heterocycles. The Morgan fingerprint density at radius 2 is 1.58 bits per heavy atom. The lowest BCUT2D eigenvalue weighted by molar-refractivity contribution is -0.145. The van der Waals surface area contributed by atoms with E-state index in [1.54, 1.807) is 12.1 Å². The fraction of sp³-hybridized carbons (Fsp3) is 0.483. The lowest BCUT2D eigenvalue weighted by Crippen LogP contribution is -2.60. The van der Waals surface area contributed by atoms with Crippen molar-refractivity contribution in [2.45, 2.75) is 58.7 Å². The van der Waals surface area contributed by atoms with Gasteiger partial charge in [0, 0.05) is 32.0 Å². The molecular formula is C29H38N2O5. The first-order valence-corrected chi connectivity index (χ1v) is 12.8. The molecular weight excluding hydrogens is 456 g/mol. The Kier molecular flexibility index (Phi) is 10.5. The molecule has 1 saturated heterocycles. The van der Waals surface area contributed by atoms with Crippen molar-refractivity contribution in [3.05, 3.63) is 71.8 Å². The van der Waals surface area contributed by atoms with E-state index in [1.807, 2.05) is 48.5 Å². The second-order valence-corrected chi connectivity index (χ2v) is 9.66. The van der Waals surface area contributed by atoms with Crippen LogP contribution in [0.1, 0.15) is 56.0 Å². The Balaban J connectivity index is 1.53. The van der Waals surface area contributed by atoms with Gasteiger partial charge in [0.25, 0.3) is 0 Å². The number of ether oxygens (including phenoxy) is 2. The van der Waals surface area contributed by atoms with Crippen LogP contribution >= 0.6 is 0 Å². The number of carbonyl (C=O) groups is 3. The third kappa shape index (κ3) is 8.19. The highest BCUT2D eigenvalue weighted by Gasteiger charge is 2.39. The summed E-state index contributed by atoms with van der Waals surface area (Å²) in [7, 11) is 0. The van der Waals surface area contributed by atoms with Gasteiger partial charge in [-0.1, -0.05) is 62.4 Å². The molecule has 3 rings (SSSR count). The Hall–Kier alpha value is -3.19. The molecule has 194 valence electrons. The third-order valence-electron chi connectivity index (χ3n) is 7.07. The van der Waals surface area contributed by atoms with E-state index >= 15 is 0 Å². The molecule has 7 heteroatoms. The van der Waals surface area contributed by atoms with Gasteiger partial charge in [-0.25, -0.2) is 4.79 Å². The molecule has 1 heterocycles. The highest BCUT2D eigenvalue weighted by atomic mass is 16.5. The van der Waals surface area contributed by atoms with Crippen LogP contribution in [0.15, 0.2) is 60.7 Å². The van der Waals surface area contributed by atoms with Gasteiger partial charge < -0.3 is 14.8 Å². The summed E-state index contributed by atoms with van der Waals surface area (Å²) in [5.74, 6) is -0.146. The lowest BCUT2D eigenvalue weighted by Gasteiger charge is -2.47. The second kappa shape index (κ2) is 13.8. The number of piperidine rings is 1.